The van der Waals surface area contributed by atoms with Crippen LogP contribution in [0.3, 0.4) is 0 Å². The van der Waals surface area contributed by atoms with Gasteiger partial charge in [0.2, 0.25) is 0 Å². The van der Waals surface area contributed by atoms with Crippen molar-refractivity contribution in [1.82, 2.24) is 0 Å². The quantitative estimate of drug-likeness (QED) is 0.889. The molecule has 1 N–H and O–H groups in total. The number of aliphatic hydroxyl groups excluding tert-OH is 1. The summed E-state index contributed by atoms with van der Waals surface area (Å²) in [6.45, 7) is 4.37. The van der Waals surface area contributed by atoms with Crippen molar-refractivity contribution in [3.63, 3.8) is 0 Å². The largest absolute Gasteiger partial charge is 0.391 e. The second-order valence-corrected chi connectivity index (χ2v) is 6.51. The molecule has 0 aliphatic heterocycles. The molecule has 2 nitrogen and oxygen atoms in total. The molecule has 20 heavy (non-hydrogen) atoms. The maximum Gasteiger partial charge on any atom is 0.0832 e. The second kappa shape index (κ2) is 6.41. The highest BCUT2D eigenvalue weighted by atomic mass is 16.3. The summed E-state index contributed by atoms with van der Waals surface area (Å²) in [5, 5.41) is 20.2. The Morgan fingerprint density at radius 2 is 1.90 bits per heavy atom. The van der Waals surface area contributed by atoms with E-state index in [9.17, 15) is 10.4 Å². The van der Waals surface area contributed by atoms with E-state index >= 15 is 0 Å². The number of benzene rings is 1. The third-order valence-electron chi connectivity index (χ3n) is 4.97. The van der Waals surface area contributed by atoms with E-state index in [1.807, 2.05) is 18.2 Å². The molecule has 1 aromatic carbocycles. The van der Waals surface area contributed by atoms with E-state index in [0.29, 0.717) is 12.3 Å². The molecule has 0 aromatic heterocycles. The highest BCUT2D eigenvalue weighted by Gasteiger charge is 2.41. The minimum absolute atomic E-state index is 0.288. The van der Waals surface area contributed by atoms with Gasteiger partial charge in [0.15, 0.2) is 0 Å². The Labute approximate surface area is 122 Å². The molecule has 1 aromatic rings. The Balaban J connectivity index is 2.03. The van der Waals surface area contributed by atoms with Crippen LogP contribution in [-0.2, 0) is 0 Å². The average molecular weight is 271 g/mol. The zero-order valence-electron chi connectivity index (χ0n) is 12.5. The van der Waals surface area contributed by atoms with Gasteiger partial charge in [-0.2, -0.15) is 5.26 Å². The molecule has 0 bridgehead atoms. The highest BCUT2D eigenvalue weighted by molar-refractivity contribution is 5.19. The van der Waals surface area contributed by atoms with Gasteiger partial charge in [0, 0.05) is 0 Å². The third kappa shape index (κ3) is 3.22. The lowest BCUT2D eigenvalue weighted by molar-refractivity contribution is 0.0182. The number of nitrogens with zero attached hydrogens (tertiary/aromatic N) is 1. The third-order valence-corrected chi connectivity index (χ3v) is 4.97. The van der Waals surface area contributed by atoms with Crippen molar-refractivity contribution >= 4 is 0 Å². The van der Waals surface area contributed by atoms with E-state index in [2.05, 4.69) is 32.0 Å². The normalized spacial score (nSPS) is 29.4. The number of hydrogen-bond acceptors (Lipinski definition) is 2. The van der Waals surface area contributed by atoms with Gasteiger partial charge in [-0.25, -0.2) is 0 Å². The van der Waals surface area contributed by atoms with Crippen LogP contribution in [0, 0.1) is 22.7 Å². The first-order valence-corrected chi connectivity index (χ1v) is 7.71. The van der Waals surface area contributed by atoms with Gasteiger partial charge in [0.05, 0.1) is 17.6 Å². The molecule has 1 aliphatic rings. The lowest BCUT2D eigenvalue weighted by Gasteiger charge is -2.38. The highest BCUT2D eigenvalue weighted by Crippen LogP contribution is 2.43. The monoisotopic (exact) mass is 271 g/mol. The molecule has 108 valence electrons. The van der Waals surface area contributed by atoms with Crippen LogP contribution in [-0.4, -0.2) is 11.2 Å². The average Bonchev–Trinajstić information content (AvgIpc) is 2.49. The Bertz CT molecular complexity index is 454. The summed E-state index contributed by atoms with van der Waals surface area (Å²) in [5.41, 5.74) is 0.721. The summed E-state index contributed by atoms with van der Waals surface area (Å²) < 4.78 is 0. The van der Waals surface area contributed by atoms with Gasteiger partial charge in [0.1, 0.15) is 0 Å². The van der Waals surface area contributed by atoms with Gasteiger partial charge in [0.25, 0.3) is 0 Å². The van der Waals surface area contributed by atoms with Gasteiger partial charge < -0.3 is 5.11 Å². The van der Waals surface area contributed by atoms with Crippen molar-refractivity contribution in [2.24, 2.45) is 11.3 Å². The lowest BCUT2D eigenvalue weighted by Crippen LogP contribution is -2.38. The lowest BCUT2D eigenvalue weighted by atomic mass is 9.67. The fraction of sp³-hybridized carbons (Fsp3) is 0.611. The van der Waals surface area contributed by atoms with Crippen molar-refractivity contribution in [3.8, 4) is 6.07 Å². The maximum atomic E-state index is 10.6. The molecule has 1 saturated carbocycles. The van der Waals surface area contributed by atoms with Crippen LogP contribution in [0.5, 0.6) is 0 Å². The van der Waals surface area contributed by atoms with Crippen LogP contribution in [0.25, 0.3) is 0 Å². The molecule has 0 saturated heterocycles. The van der Waals surface area contributed by atoms with Crippen molar-refractivity contribution in [3.05, 3.63) is 35.9 Å². The molecule has 0 heterocycles. The van der Waals surface area contributed by atoms with Crippen LogP contribution < -0.4 is 0 Å². The first kappa shape index (κ1) is 15.1. The maximum absolute atomic E-state index is 10.6. The smallest absolute Gasteiger partial charge is 0.0832 e. The summed E-state index contributed by atoms with van der Waals surface area (Å²) >= 11 is 0. The zero-order chi connectivity index (χ0) is 14.6. The zero-order valence-corrected chi connectivity index (χ0v) is 12.5. The van der Waals surface area contributed by atoms with Gasteiger partial charge >= 0.3 is 0 Å². The van der Waals surface area contributed by atoms with Crippen LogP contribution in [0.2, 0.25) is 0 Å². The predicted molar refractivity (Wildman–Crippen MR) is 81.2 cm³/mol. The van der Waals surface area contributed by atoms with Crippen LogP contribution in [0.4, 0.5) is 0 Å². The Kier molecular flexibility index (Phi) is 4.83. The van der Waals surface area contributed by atoms with Crippen LogP contribution in [0.1, 0.15) is 57.4 Å². The first-order chi connectivity index (χ1) is 9.57. The summed E-state index contributed by atoms with van der Waals surface area (Å²) in [6.07, 6.45) is 3.96. The summed E-state index contributed by atoms with van der Waals surface area (Å²) in [4.78, 5) is 0. The standard InChI is InChI=1S/C18H25NO/c1-14-8-10-18(13-19,11-9-14)17(20)12-15(2)16-6-4-3-5-7-16/h3-7,14-15,17,20H,8-12H2,1-2H3. The molecular weight excluding hydrogens is 246 g/mol. The van der Waals surface area contributed by atoms with E-state index in [1.165, 1.54) is 5.56 Å². The molecular formula is C18H25NO. The molecule has 1 fully saturated rings. The van der Waals surface area contributed by atoms with E-state index < -0.39 is 11.5 Å². The van der Waals surface area contributed by atoms with Crippen LogP contribution >= 0.6 is 0 Å². The first-order valence-electron chi connectivity index (χ1n) is 7.71. The van der Waals surface area contributed by atoms with Crippen molar-refractivity contribution in [2.75, 3.05) is 0 Å². The number of rotatable bonds is 4. The van der Waals surface area contributed by atoms with Gasteiger partial charge in [-0.15, -0.1) is 0 Å². The Morgan fingerprint density at radius 1 is 1.30 bits per heavy atom. The van der Waals surface area contributed by atoms with E-state index in [0.717, 1.165) is 25.7 Å². The molecule has 0 radical (unpaired) electrons. The summed E-state index contributed by atoms with van der Waals surface area (Å²) in [6, 6.07) is 12.7. The molecule has 1 aliphatic carbocycles. The van der Waals surface area contributed by atoms with Gasteiger partial charge in [-0.1, -0.05) is 44.2 Å². The van der Waals surface area contributed by atoms with Gasteiger partial charge in [-0.05, 0) is 49.5 Å². The molecule has 2 unspecified atom stereocenters. The van der Waals surface area contributed by atoms with Crippen LogP contribution in [0.15, 0.2) is 30.3 Å². The van der Waals surface area contributed by atoms with Crippen molar-refractivity contribution < 1.29 is 5.11 Å². The van der Waals surface area contributed by atoms with Gasteiger partial charge in [-0.3, -0.25) is 0 Å². The van der Waals surface area contributed by atoms with E-state index in [1.54, 1.807) is 0 Å². The Hall–Kier alpha value is -1.33. The van der Waals surface area contributed by atoms with E-state index in [4.69, 9.17) is 0 Å². The van der Waals surface area contributed by atoms with Crippen molar-refractivity contribution in [2.45, 2.75) is 58.0 Å². The topological polar surface area (TPSA) is 44.0 Å². The van der Waals surface area contributed by atoms with E-state index in [-0.39, 0.29) is 5.92 Å². The van der Waals surface area contributed by atoms with Crippen molar-refractivity contribution in [1.29, 1.82) is 5.26 Å². The minimum Gasteiger partial charge on any atom is -0.391 e. The predicted octanol–water partition coefficient (Wildman–Crippen LogP) is 4.26. The fourth-order valence-electron chi connectivity index (χ4n) is 3.27. The molecule has 0 amide bonds. The number of hydrogen-bond donors (Lipinski definition) is 1. The Morgan fingerprint density at radius 3 is 2.45 bits per heavy atom. The summed E-state index contributed by atoms with van der Waals surface area (Å²) in [7, 11) is 0. The molecule has 2 rings (SSSR count). The number of nitriles is 1. The molecule has 2 atom stereocenters. The fourth-order valence-corrected chi connectivity index (χ4v) is 3.27. The minimum atomic E-state index is -0.518. The second-order valence-electron chi connectivity index (χ2n) is 6.51. The molecule has 2 heteroatoms. The number of aliphatic hydroxyl groups is 1. The molecule has 0 spiro atoms. The SMILES string of the molecule is CC1CCC(C#N)(C(O)CC(C)c2ccccc2)CC1. The summed E-state index contributed by atoms with van der Waals surface area (Å²) in [5.74, 6) is 0.978.